The Bertz CT molecular complexity index is 495. The summed E-state index contributed by atoms with van der Waals surface area (Å²) in [5.74, 6) is 0. The van der Waals surface area contributed by atoms with Gasteiger partial charge in [-0.3, -0.25) is 9.67 Å². The van der Waals surface area contributed by atoms with Gasteiger partial charge in [-0.15, -0.1) is 0 Å². The molecule has 0 aliphatic carbocycles. The molecular weight excluding hydrogens is 236 g/mol. The topological polar surface area (TPSA) is 42.7 Å². The summed E-state index contributed by atoms with van der Waals surface area (Å²) in [4.78, 5) is 4.00. The Morgan fingerprint density at radius 3 is 2.88 bits per heavy atom. The van der Waals surface area contributed by atoms with Gasteiger partial charge in [0.15, 0.2) is 0 Å². The smallest absolute Gasteiger partial charge is 0.0839 e. The van der Waals surface area contributed by atoms with E-state index in [4.69, 9.17) is 11.6 Å². The second-order valence-corrected chi connectivity index (χ2v) is 4.21. The van der Waals surface area contributed by atoms with Crippen LogP contribution in [0.3, 0.4) is 0 Å². The second-order valence-electron chi connectivity index (χ2n) is 3.80. The minimum absolute atomic E-state index is 0.0108. The van der Waals surface area contributed by atoms with Gasteiger partial charge in [0.2, 0.25) is 0 Å². The van der Waals surface area contributed by atoms with E-state index in [0.717, 1.165) is 17.8 Å². The Balaban J connectivity index is 2.39. The molecule has 0 saturated heterocycles. The number of halogens is 1. The van der Waals surface area contributed by atoms with Crippen LogP contribution in [0.2, 0.25) is 5.02 Å². The molecule has 0 aromatic carbocycles. The van der Waals surface area contributed by atoms with Crippen LogP contribution in [-0.4, -0.2) is 21.3 Å². The molecule has 1 unspecified atom stereocenters. The van der Waals surface area contributed by atoms with Gasteiger partial charge in [0, 0.05) is 25.6 Å². The van der Waals surface area contributed by atoms with Crippen LogP contribution >= 0.6 is 11.6 Å². The predicted molar refractivity (Wildman–Crippen MR) is 68.0 cm³/mol. The van der Waals surface area contributed by atoms with Crippen molar-refractivity contribution < 1.29 is 0 Å². The molecule has 0 fully saturated rings. The van der Waals surface area contributed by atoms with Crippen molar-refractivity contribution in [3.63, 3.8) is 0 Å². The predicted octanol–water partition coefficient (Wildman–Crippen LogP) is 2.17. The van der Waals surface area contributed by atoms with Crippen molar-refractivity contribution in [2.45, 2.75) is 13.0 Å². The summed E-state index contributed by atoms with van der Waals surface area (Å²) in [5, 5.41) is 8.46. The zero-order valence-electron chi connectivity index (χ0n) is 9.89. The molecular formula is C12H15ClN4. The molecule has 0 bridgehead atoms. The van der Waals surface area contributed by atoms with E-state index in [0.29, 0.717) is 5.02 Å². The van der Waals surface area contributed by atoms with Crippen molar-refractivity contribution in [2.75, 3.05) is 6.54 Å². The molecule has 2 rings (SSSR count). The number of hydrogen-bond donors (Lipinski definition) is 1. The van der Waals surface area contributed by atoms with Gasteiger partial charge >= 0.3 is 0 Å². The fourth-order valence-corrected chi connectivity index (χ4v) is 2.01. The van der Waals surface area contributed by atoms with Crippen LogP contribution in [-0.2, 0) is 7.05 Å². The lowest BCUT2D eigenvalue weighted by Gasteiger charge is -2.17. The van der Waals surface area contributed by atoms with E-state index in [1.54, 1.807) is 17.1 Å². The van der Waals surface area contributed by atoms with E-state index in [-0.39, 0.29) is 6.04 Å². The summed E-state index contributed by atoms with van der Waals surface area (Å²) in [7, 11) is 1.90. The molecule has 2 aromatic heterocycles. The van der Waals surface area contributed by atoms with E-state index >= 15 is 0 Å². The SMILES string of the molecule is CCNC(c1ccn(C)n1)c1ccncc1Cl. The first-order chi connectivity index (χ1) is 8.22. The van der Waals surface area contributed by atoms with E-state index in [2.05, 4.69) is 22.3 Å². The van der Waals surface area contributed by atoms with Gasteiger partial charge in [0.1, 0.15) is 0 Å². The number of rotatable bonds is 4. The number of nitrogens with zero attached hydrogens (tertiary/aromatic N) is 3. The van der Waals surface area contributed by atoms with Crippen LogP contribution in [0.15, 0.2) is 30.7 Å². The number of nitrogens with one attached hydrogen (secondary N) is 1. The molecule has 90 valence electrons. The normalized spacial score (nSPS) is 12.6. The van der Waals surface area contributed by atoms with Gasteiger partial charge in [-0.2, -0.15) is 5.10 Å². The van der Waals surface area contributed by atoms with E-state index in [1.807, 2.05) is 25.4 Å². The Kier molecular flexibility index (Phi) is 3.76. The number of hydrogen-bond acceptors (Lipinski definition) is 3. The maximum atomic E-state index is 6.17. The van der Waals surface area contributed by atoms with Gasteiger partial charge in [-0.1, -0.05) is 18.5 Å². The molecule has 0 spiro atoms. The van der Waals surface area contributed by atoms with Gasteiger partial charge in [-0.05, 0) is 24.2 Å². The van der Waals surface area contributed by atoms with Crippen LogP contribution in [0.1, 0.15) is 24.2 Å². The Morgan fingerprint density at radius 2 is 2.29 bits per heavy atom. The maximum Gasteiger partial charge on any atom is 0.0839 e. The molecule has 0 saturated carbocycles. The molecule has 2 heterocycles. The highest BCUT2D eigenvalue weighted by Gasteiger charge is 2.18. The average molecular weight is 251 g/mol. The first kappa shape index (κ1) is 12.1. The summed E-state index contributed by atoms with van der Waals surface area (Å²) >= 11 is 6.17. The highest BCUT2D eigenvalue weighted by molar-refractivity contribution is 6.31. The molecule has 0 radical (unpaired) electrons. The van der Waals surface area contributed by atoms with E-state index < -0.39 is 0 Å². The Hall–Kier alpha value is -1.39. The first-order valence-electron chi connectivity index (χ1n) is 5.54. The lowest BCUT2D eigenvalue weighted by molar-refractivity contribution is 0.599. The zero-order chi connectivity index (χ0) is 12.3. The van der Waals surface area contributed by atoms with Crippen LogP contribution in [0.25, 0.3) is 0 Å². The van der Waals surface area contributed by atoms with Crippen molar-refractivity contribution >= 4 is 11.6 Å². The molecule has 1 atom stereocenters. The lowest BCUT2D eigenvalue weighted by Crippen LogP contribution is -2.23. The summed E-state index contributed by atoms with van der Waals surface area (Å²) in [5.41, 5.74) is 1.96. The molecule has 0 aliphatic rings. The summed E-state index contributed by atoms with van der Waals surface area (Å²) < 4.78 is 1.79. The molecule has 5 heteroatoms. The third kappa shape index (κ3) is 2.65. The van der Waals surface area contributed by atoms with Crippen molar-refractivity contribution in [1.82, 2.24) is 20.1 Å². The minimum Gasteiger partial charge on any atom is -0.305 e. The Labute approximate surface area is 106 Å². The molecule has 17 heavy (non-hydrogen) atoms. The maximum absolute atomic E-state index is 6.17. The number of aromatic nitrogens is 3. The van der Waals surface area contributed by atoms with Crippen LogP contribution in [0, 0.1) is 0 Å². The van der Waals surface area contributed by atoms with Crippen molar-refractivity contribution in [3.8, 4) is 0 Å². The monoisotopic (exact) mass is 250 g/mol. The Morgan fingerprint density at radius 1 is 1.47 bits per heavy atom. The van der Waals surface area contributed by atoms with Crippen molar-refractivity contribution in [1.29, 1.82) is 0 Å². The average Bonchev–Trinajstić information content (AvgIpc) is 2.74. The lowest BCUT2D eigenvalue weighted by atomic mass is 10.1. The summed E-state index contributed by atoms with van der Waals surface area (Å²) in [6.07, 6.45) is 5.33. The van der Waals surface area contributed by atoms with Crippen LogP contribution < -0.4 is 5.32 Å². The van der Waals surface area contributed by atoms with Gasteiger partial charge < -0.3 is 5.32 Å². The van der Waals surface area contributed by atoms with E-state index in [1.165, 1.54) is 0 Å². The quantitative estimate of drug-likeness (QED) is 0.904. The largest absolute Gasteiger partial charge is 0.305 e. The minimum atomic E-state index is 0.0108. The number of aryl methyl sites for hydroxylation is 1. The molecule has 2 aromatic rings. The molecule has 0 aliphatic heterocycles. The summed E-state index contributed by atoms with van der Waals surface area (Å²) in [6, 6.07) is 3.92. The van der Waals surface area contributed by atoms with Gasteiger partial charge in [0.25, 0.3) is 0 Å². The molecule has 4 nitrogen and oxygen atoms in total. The second kappa shape index (κ2) is 5.29. The molecule has 0 amide bonds. The zero-order valence-corrected chi connectivity index (χ0v) is 10.6. The fourth-order valence-electron chi connectivity index (χ4n) is 1.79. The van der Waals surface area contributed by atoms with Crippen LogP contribution in [0.4, 0.5) is 0 Å². The number of pyridine rings is 1. The van der Waals surface area contributed by atoms with E-state index in [9.17, 15) is 0 Å². The third-order valence-corrected chi connectivity index (χ3v) is 2.87. The fraction of sp³-hybridized carbons (Fsp3) is 0.333. The first-order valence-corrected chi connectivity index (χ1v) is 5.92. The summed E-state index contributed by atoms with van der Waals surface area (Å²) in [6.45, 7) is 2.91. The van der Waals surface area contributed by atoms with Gasteiger partial charge in [0.05, 0.1) is 16.8 Å². The third-order valence-electron chi connectivity index (χ3n) is 2.55. The standard InChI is InChI=1S/C12H15ClN4/c1-3-15-12(11-5-7-17(2)16-11)9-4-6-14-8-10(9)13/h4-8,12,15H,3H2,1-2H3. The highest BCUT2D eigenvalue weighted by atomic mass is 35.5. The van der Waals surface area contributed by atoms with Crippen LogP contribution in [0.5, 0.6) is 0 Å². The highest BCUT2D eigenvalue weighted by Crippen LogP contribution is 2.26. The molecule has 1 N–H and O–H groups in total. The van der Waals surface area contributed by atoms with Crippen molar-refractivity contribution in [2.24, 2.45) is 7.05 Å². The van der Waals surface area contributed by atoms with Gasteiger partial charge in [-0.25, -0.2) is 0 Å². The van der Waals surface area contributed by atoms with Crippen molar-refractivity contribution in [3.05, 3.63) is 47.0 Å².